The second-order valence-corrected chi connectivity index (χ2v) is 6.99. The van der Waals surface area contributed by atoms with Crippen LogP contribution < -0.4 is 0 Å². The van der Waals surface area contributed by atoms with Gasteiger partial charge in [-0.2, -0.15) is 4.80 Å². The summed E-state index contributed by atoms with van der Waals surface area (Å²) in [6, 6.07) is 6.35. The number of aromatic nitrogens is 4. The van der Waals surface area contributed by atoms with Crippen LogP contribution in [0.2, 0.25) is 0 Å². The fourth-order valence-corrected chi connectivity index (χ4v) is 3.77. The fraction of sp³-hybridized carbons (Fsp3) is 0.529. The molecule has 2 bridgehead atoms. The first-order valence-electron chi connectivity index (χ1n) is 8.60. The molecule has 0 aliphatic carbocycles. The number of likely N-dealkylation sites (N-methyl/N-ethyl adjacent to an activating group) is 1. The van der Waals surface area contributed by atoms with Gasteiger partial charge in [-0.05, 0) is 55.3 Å². The molecule has 25 heavy (non-hydrogen) atoms. The maximum absolute atomic E-state index is 13.0. The minimum absolute atomic E-state index is 0.0234. The molecule has 4 heterocycles. The number of hydrogen-bond donors (Lipinski definition) is 0. The minimum Gasteiger partial charge on any atom is -0.339 e. The Labute approximate surface area is 145 Å². The Bertz CT molecular complexity index is 761. The number of fused-ring (bicyclic) bond motifs is 4. The van der Waals surface area contributed by atoms with Gasteiger partial charge in [0.1, 0.15) is 12.4 Å². The van der Waals surface area contributed by atoms with Crippen LogP contribution in [0.25, 0.3) is 11.4 Å². The molecule has 0 radical (unpaired) electrons. The van der Waals surface area contributed by atoms with Crippen molar-refractivity contribution in [2.75, 3.05) is 26.7 Å². The largest absolute Gasteiger partial charge is 0.339 e. The fourth-order valence-electron chi connectivity index (χ4n) is 3.77. The normalized spacial score (nSPS) is 23.7. The van der Waals surface area contributed by atoms with Crippen LogP contribution in [0.1, 0.15) is 12.8 Å². The predicted octanol–water partition coefficient (Wildman–Crippen LogP) is 1.03. The van der Waals surface area contributed by atoms with E-state index in [1.807, 2.05) is 4.90 Å². The molecule has 3 fully saturated rings. The molecule has 1 aromatic heterocycles. The number of carbonyl (C=O) groups is 1. The van der Waals surface area contributed by atoms with Crippen LogP contribution >= 0.6 is 0 Å². The highest BCUT2D eigenvalue weighted by molar-refractivity contribution is 5.76. The number of carbonyl (C=O) groups excluding carboxylic acids is 1. The molecule has 0 saturated carbocycles. The van der Waals surface area contributed by atoms with E-state index < -0.39 is 0 Å². The smallest absolute Gasteiger partial charge is 0.246 e. The topological polar surface area (TPSA) is 67.2 Å². The molecular formula is C17H21FN6O. The summed E-state index contributed by atoms with van der Waals surface area (Å²) in [4.78, 5) is 18.3. The molecule has 1 amide bonds. The minimum atomic E-state index is -0.313. The highest BCUT2D eigenvalue weighted by Crippen LogP contribution is 2.26. The van der Waals surface area contributed by atoms with E-state index in [1.54, 1.807) is 12.1 Å². The number of tetrazole rings is 1. The number of piperidine rings is 1. The van der Waals surface area contributed by atoms with E-state index in [0.29, 0.717) is 23.3 Å². The molecule has 1 aromatic carbocycles. The summed E-state index contributed by atoms with van der Waals surface area (Å²) < 4.78 is 13.0. The molecule has 2 atom stereocenters. The van der Waals surface area contributed by atoms with Crippen LogP contribution in [0.3, 0.4) is 0 Å². The molecule has 2 unspecified atom stereocenters. The van der Waals surface area contributed by atoms with Crippen LogP contribution in [0, 0.1) is 11.7 Å². The quantitative estimate of drug-likeness (QED) is 0.832. The van der Waals surface area contributed by atoms with Gasteiger partial charge in [-0.3, -0.25) is 4.79 Å². The molecule has 5 rings (SSSR count). The lowest BCUT2D eigenvalue weighted by Gasteiger charge is -2.32. The molecule has 8 heteroatoms. The number of rotatable bonds is 3. The van der Waals surface area contributed by atoms with Gasteiger partial charge in [0.15, 0.2) is 0 Å². The summed E-state index contributed by atoms with van der Waals surface area (Å²) in [7, 11) is 2.14. The van der Waals surface area contributed by atoms with Crippen molar-refractivity contribution in [3.63, 3.8) is 0 Å². The summed E-state index contributed by atoms with van der Waals surface area (Å²) in [5, 5.41) is 12.2. The van der Waals surface area contributed by atoms with Crippen LogP contribution in [0.5, 0.6) is 0 Å². The Morgan fingerprint density at radius 2 is 2.00 bits per heavy atom. The van der Waals surface area contributed by atoms with E-state index in [2.05, 4.69) is 27.4 Å². The molecule has 3 aliphatic heterocycles. The molecule has 7 nitrogen and oxygen atoms in total. The summed E-state index contributed by atoms with van der Waals surface area (Å²) in [5.41, 5.74) is 0.676. The standard InChI is InChI=1S/C17H21FN6O/c1-22-8-12-2-7-15(22)10-23(9-12)16(25)11-24-20-17(19-21-24)13-3-5-14(18)6-4-13/h3-6,12,15H,2,7-11H2,1H3. The maximum atomic E-state index is 13.0. The number of amides is 1. The summed E-state index contributed by atoms with van der Waals surface area (Å²) in [6.45, 7) is 2.71. The van der Waals surface area contributed by atoms with Gasteiger partial charge in [-0.15, -0.1) is 10.2 Å². The van der Waals surface area contributed by atoms with Gasteiger partial charge in [-0.25, -0.2) is 4.39 Å². The zero-order valence-corrected chi connectivity index (χ0v) is 14.2. The second kappa shape index (κ2) is 6.51. The number of benzene rings is 1. The molecule has 132 valence electrons. The maximum Gasteiger partial charge on any atom is 0.246 e. The SMILES string of the molecule is CN1CC2CCC1CN(C(=O)Cn1nnc(-c3ccc(F)cc3)n1)C2. The average molecular weight is 344 g/mol. The van der Waals surface area contributed by atoms with Gasteiger partial charge >= 0.3 is 0 Å². The second-order valence-electron chi connectivity index (χ2n) is 6.99. The van der Waals surface area contributed by atoms with Crippen LogP contribution in [-0.2, 0) is 11.3 Å². The summed E-state index contributed by atoms with van der Waals surface area (Å²) in [5.74, 6) is 0.650. The molecule has 3 aliphatic rings. The van der Waals surface area contributed by atoms with E-state index >= 15 is 0 Å². The Balaban J connectivity index is 1.44. The third-order valence-electron chi connectivity index (χ3n) is 5.17. The molecule has 2 aromatic rings. The third kappa shape index (κ3) is 3.39. The van der Waals surface area contributed by atoms with Gasteiger partial charge < -0.3 is 9.80 Å². The van der Waals surface area contributed by atoms with Crippen molar-refractivity contribution in [1.82, 2.24) is 30.0 Å². The Hall–Kier alpha value is -2.35. The van der Waals surface area contributed by atoms with E-state index in [9.17, 15) is 9.18 Å². The summed E-state index contributed by atoms with van der Waals surface area (Å²) in [6.07, 6.45) is 2.34. The van der Waals surface area contributed by atoms with Gasteiger partial charge in [0, 0.05) is 31.2 Å². The lowest BCUT2D eigenvalue weighted by Crippen LogP contribution is -2.42. The van der Waals surface area contributed by atoms with Crippen LogP contribution in [0.4, 0.5) is 4.39 Å². The number of hydrogen-bond acceptors (Lipinski definition) is 5. The van der Waals surface area contributed by atoms with E-state index in [-0.39, 0.29) is 18.3 Å². The van der Waals surface area contributed by atoms with Crippen molar-refractivity contribution >= 4 is 5.91 Å². The van der Waals surface area contributed by atoms with Crippen molar-refractivity contribution in [2.45, 2.75) is 25.4 Å². The first-order chi connectivity index (χ1) is 12.1. The van der Waals surface area contributed by atoms with Crippen molar-refractivity contribution in [3.05, 3.63) is 30.1 Å². The number of halogens is 1. The van der Waals surface area contributed by atoms with Gasteiger partial charge in [0.25, 0.3) is 0 Å². The monoisotopic (exact) mass is 344 g/mol. The van der Waals surface area contributed by atoms with Crippen molar-refractivity contribution < 1.29 is 9.18 Å². The Morgan fingerprint density at radius 3 is 2.76 bits per heavy atom. The molecule has 3 saturated heterocycles. The lowest BCUT2D eigenvalue weighted by molar-refractivity contribution is -0.132. The van der Waals surface area contributed by atoms with E-state index in [0.717, 1.165) is 26.1 Å². The van der Waals surface area contributed by atoms with Gasteiger partial charge in [0.05, 0.1) is 0 Å². The van der Waals surface area contributed by atoms with Crippen LogP contribution in [-0.4, -0.2) is 68.6 Å². The van der Waals surface area contributed by atoms with Crippen molar-refractivity contribution in [2.24, 2.45) is 5.92 Å². The first kappa shape index (κ1) is 16.1. The Kier molecular flexibility index (Phi) is 4.20. The zero-order chi connectivity index (χ0) is 17.4. The first-order valence-corrected chi connectivity index (χ1v) is 8.60. The third-order valence-corrected chi connectivity index (χ3v) is 5.17. The van der Waals surface area contributed by atoms with Crippen molar-refractivity contribution in [3.8, 4) is 11.4 Å². The van der Waals surface area contributed by atoms with Gasteiger partial charge in [-0.1, -0.05) is 0 Å². The average Bonchev–Trinajstić information content (AvgIpc) is 2.87. The van der Waals surface area contributed by atoms with E-state index in [4.69, 9.17) is 0 Å². The summed E-state index contributed by atoms with van der Waals surface area (Å²) >= 11 is 0. The predicted molar refractivity (Wildman–Crippen MR) is 88.9 cm³/mol. The zero-order valence-electron chi connectivity index (χ0n) is 14.2. The van der Waals surface area contributed by atoms with Crippen LogP contribution in [0.15, 0.2) is 24.3 Å². The van der Waals surface area contributed by atoms with Gasteiger partial charge in [0.2, 0.25) is 11.7 Å². The molecule has 0 spiro atoms. The number of nitrogens with zero attached hydrogens (tertiary/aromatic N) is 6. The molecular weight excluding hydrogens is 323 g/mol. The Morgan fingerprint density at radius 1 is 1.20 bits per heavy atom. The van der Waals surface area contributed by atoms with E-state index in [1.165, 1.54) is 23.4 Å². The highest BCUT2D eigenvalue weighted by atomic mass is 19.1. The van der Waals surface area contributed by atoms with Crippen molar-refractivity contribution in [1.29, 1.82) is 0 Å². The lowest BCUT2D eigenvalue weighted by atomic mass is 9.96. The molecule has 0 N–H and O–H groups in total. The highest BCUT2D eigenvalue weighted by Gasteiger charge is 2.34.